The van der Waals surface area contributed by atoms with Gasteiger partial charge in [-0.25, -0.2) is 8.78 Å². The number of nitrogens with one attached hydrogen (secondary N) is 1. The van der Waals surface area contributed by atoms with Gasteiger partial charge in [0, 0.05) is 12.6 Å². The molecule has 2 aromatic rings. The number of halogens is 2. The predicted octanol–water partition coefficient (Wildman–Crippen LogP) is 4.04. The first kappa shape index (κ1) is 15.4. The monoisotopic (exact) mass is 291 g/mol. The molecule has 0 spiro atoms. The summed E-state index contributed by atoms with van der Waals surface area (Å²) in [6.45, 7) is 4.00. The van der Waals surface area contributed by atoms with E-state index in [0.717, 1.165) is 31.1 Å². The average molecular weight is 291 g/mol. The minimum absolute atomic E-state index is 0.139. The van der Waals surface area contributed by atoms with E-state index in [4.69, 9.17) is 4.74 Å². The first-order valence-electron chi connectivity index (χ1n) is 7.05. The standard InChI is InChI=1S/C17H19F2NO/c1-2-6-20-11-13-4-3-5-17(9-13)21-12-14-7-15(18)10-16(19)8-14/h3-5,7-10,20H,2,6,11-12H2,1H3. The second-order valence-electron chi connectivity index (χ2n) is 4.89. The van der Waals surface area contributed by atoms with Crippen molar-refractivity contribution in [1.29, 1.82) is 0 Å². The fourth-order valence-electron chi connectivity index (χ4n) is 2.02. The molecule has 0 aliphatic carbocycles. The summed E-state index contributed by atoms with van der Waals surface area (Å²) < 4.78 is 31.8. The minimum atomic E-state index is -0.592. The Balaban J connectivity index is 1.94. The molecule has 0 saturated heterocycles. The molecule has 2 aromatic carbocycles. The van der Waals surface area contributed by atoms with Gasteiger partial charge < -0.3 is 10.1 Å². The molecule has 1 N–H and O–H groups in total. The van der Waals surface area contributed by atoms with Crippen LogP contribution in [0.3, 0.4) is 0 Å². The molecule has 2 rings (SSSR count). The van der Waals surface area contributed by atoms with Crippen LogP contribution in [-0.2, 0) is 13.2 Å². The van der Waals surface area contributed by atoms with E-state index in [2.05, 4.69) is 12.2 Å². The maximum absolute atomic E-state index is 13.1. The molecule has 2 nitrogen and oxygen atoms in total. The molecule has 0 amide bonds. The maximum Gasteiger partial charge on any atom is 0.126 e. The second kappa shape index (κ2) is 7.74. The Hall–Kier alpha value is -1.94. The van der Waals surface area contributed by atoms with Crippen LogP contribution in [0.5, 0.6) is 5.75 Å². The van der Waals surface area contributed by atoms with Crippen molar-refractivity contribution in [3.8, 4) is 5.75 Å². The quantitative estimate of drug-likeness (QED) is 0.777. The average Bonchev–Trinajstić information content (AvgIpc) is 2.45. The summed E-state index contributed by atoms with van der Waals surface area (Å²) in [6, 6.07) is 11.1. The van der Waals surface area contributed by atoms with Crippen molar-refractivity contribution in [2.24, 2.45) is 0 Å². The zero-order valence-corrected chi connectivity index (χ0v) is 12.0. The first-order chi connectivity index (χ1) is 10.2. The van der Waals surface area contributed by atoms with Crippen LogP contribution < -0.4 is 10.1 Å². The van der Waals surface area contributed by atoms with Crippen LogP contribution in [0.25, 0.3) is 0 Å². The smallest absolute Gasteiger partial charge is 0.126 e. The van der Waals surface area contributed by atoms with Crippen molar-refractivity contribution in [3.05, 3.63) is 65.2 Å². The van der Waals surface area contributed by atoms with Crippen LogP contribution in [0, 0.1) is 11.6 Å². The molecule has 0 fully saturated rings. The molecule has 0 saturated carbocycles. The van der Waals surface area contributed by atoms with E-state index in [0.29, 0.717) is 11.3 Å². The lowest BCUT2D eigenvalue weighted by atomic mass is 10.2. The van der Waals surface area contributed by atoms with Gasteiger partial charge in [0.25, 0.3) is 0 Å². The summed E-state index contributed by atoms with van der Waals surface area (Å²) >= 11 is 0. The van der Waals surface area contributed by atoms with Gasteiger partial charge in [0.2, 0.25) is 0 Å². The van der Waals surface area contributed by atoms with E-state index in [1.807, 2.05) is 24.3 Å². The van der Waals surface area contributed by atoms with Gasteiger partial charge in [0.05, 0.1) is 0 Å². The van der Waals surface area contributed by atoms with Gasteiger partial charge in [-0.05, 0) is 48.4 Å². The van der Waals surface area contributed by atoms with Crippen LogP contribution in [0.15, 0.2) is 42.5 Å². The highest BCUT2D eigenvalue weighted by atomic mass is 19.1. The molecule has 0 radical (unpaired) electrons. The van der Waals surface area contributed by atoms with E-state index >= 15 is 0 Å². The Morgan fingerprint density at radius 2 is 1.76 bits per heavy atom. The largest absolute Gasteiger partial charge is 0.489 e. The predicted molar refractivity (Wildman–Crippen MR) is 79.1 cm³/mol. The van der Waals surface area contributed by atoms with Crippen molar-refractivity contribution in [2.45, 2.75) is 26.5 Å². The number of benzene rings is 2. The Kier molecular flexibility index (Phi) is 5.69. The van der Waals surface area contributed by atoms with Crippen LogP contribution in [-0.4, -0.2) is 6.54 Å². The summed E-state index contributed by atoms with van der Waals surface area (Å²) in [6.07, 6.45) is 1.08. The van der Waals surface area contributed by atoms with Crippen molar-refractivity contribution in [1.82, 2.24) is 5.32 Å². The molecule has 0 aromatic heterocycles. The van der Waals surface area contributed by atoms with Crippen LogP contribution in [0.4, 0.5) is 8.78 Å². The maximum atomic E-state index is 13.1. The van der Waals surface area contributed by atoms with Crippen molar-refractivity contribution in [2.75, 3.05) is 6.54 Å². The molecular formula is C17H19F2NO. The number of hydrogen-bond acceptors (Lipinski definition) is 2. The van der Waals surface area contributed by atoms with Crippen LogP contribution in [0.2, 0.25) is 0 Å². The van der Waals surface area contributed by atoms with Gasteiger partial charge in [-0.3, -0.25) is 0 Å². The van der Waals surface area contributed by atoms with Crippen molar-refractivity contribution >= 4 is 0 Å². The van der Waals surface area contributed by atoms with Gasteiger partial charge in [-0.15, -0.1) is 0 Å². The van der Waals surface area contributed by atoms with E-state index in [1.54, 1.807) is 0 Å². The molecule has 0 aliphatic heterocycles. The molecule has 0 unspecified atom stereocenters. The fourth-order valence-corrected chi connectivity index (χ4v) is 2.02. The molecule has 0 atom stereocenters. The SMILES string of the molecule is CCCNCc1cccc(OCc2cc(F)cc(F)c2)c1. The van der Waals surface area contributed by atoms with Crippen molar-refractivity contribution < 1.29 is 13.5 Å². The molecule has 0 aliphatic rings. The lowest BCUT2D eigenvalue weighted by Crippen LogP contribution is -2.13. The first-order valence-corrected chi connectivity index (χ1v) is 7.05. The summed E-state index contributed by atoms with van der Waals surface area (Å²) in [7, 11) is 0. The lowest BCUT2D eigenvalue weighted by molar-refractivity contribution is 0.304. The Labute approximate surface area is 123 Å². The van der Waals surface area contributed by atoms with E-state index in [9.17, 15) is 8.78 Å². The van der Waals surface area contributed by atoms with Crippen LogP contribution in [0.1, 0.15) is 24.5 Å². The highest BCUT2D eigenvalue weighted by Gasteiger charge is 2.02. The zero-order chi connectivity index (χ0) is 15.1. The minimum Gasteiger partial charge on any atom is -0.489 e. The zero-order valence-electron chi connectivity index (χ0n) is 12.0. The van der Waals surface area contributed by atoms with E-state index < -0.39 is 11.6 Å². The summed E-state index contributed by atoms with van der Waals surface area (Å²) in [5.74, 6) is -0.493. The molecule has 4 heteroatoms. The van der Waals surface area contributed by atoms with E-state index in [-0.39, 0.29) is 6.61 Å². The van der Waals surface area contributed by atoms with Gasteiger partial charge in [0.1, 0.15) is 24.0 Å². The topological polar surface area (TPSA) is 21.3 Å². The van der Waals surface area contributed by atoms with Crippen molar-refractivity contribution in [3.63, 3.8) is 0 Å². The molecule has 112 valence electrons. The third-order valence-electron chi connectivity index (χ3n) is 2.98. The normalized spacial score (nSPS) is 10.6. The lowest BCUT2D eigenvalue weighted by Gasteiger charge is -2.09. The second-order valence-corrected chi connectivity index (χ2v) is 4.89. The summed E-state index contributed by atoms with van der Waals surface area (Å²) in [4.78, 5) is 0. The molecule has 0 bridgehead atoms. The highest BCUT2D eigenvalue weighted by Crippen LogP contribution is 2.16. The Morgan fingerprint density at radius 1 is 1.00 bits per heavy atom. The van der Waals surface area contributed by atoms with Gasteiger partial charge in [-0.2, -0.15) is 0 Å². The number of hydrogen-bond donors (Lipinski definition) is 1. The molecule has 21 heavy (non-hydrogen) atoms. The Morgan fingerprint density at radius 3 is 2.48 bits per heavy atom. The summed E-state index contributed by atoms with van der Waals surface area (Å²) in [5, 5.41) is 3.31. The highest BCUT2D eigenvalue weighted by molar-refractivity contribution is 5.29. The Bertz CT molecular complexity index is 567. The summed E-state index contributed by atoms with van der Waals surface area (Å²) in [5.41, 5.74) is 1.59. The van der Waals surface area contributed by atoms with Crippen LogP contribution >= 0.6 is 0 Å². The van der Waals surface area contributed by atoms with Gasteiger partial charge in [-0.1, -0.05) is 19.1 Å². The number of rotatable bonds is 7. The molecule has 0 heterocycles. The molecular weight excluding hydrogens is 272 g/mol. The van der Waals surface area contributed by atoms with Gasteiger partial charge in [0.15, 0.2) is 0 Å². The third-order valence-corrected chi connectivity index (χ3v) is 2.98. The van der Waals surface area contributed by atoms with Gasteiger partial charge >= 0.3 is 0 Å². The fraction of sp³-hybridized carbons (Fsp3) is 0.294. The van der Waals surface area contributed by atoms with E-state index in [1.165, 1.54) is 12.1 Å². The number of ether oxygens (including phenoxy) is 1. The third kappa shape index (κ3) is 5.16.